The number of hydrogen-bond acceptors (Lipinski definition) is 3. The Morgan fingerprint density at radius 3 is 2.55 bits per heavy atom. The van der Waals surface area contributed by atoms with Crippen molar-refractivity contribution in [1.82, 2.24) is 10.6 Å². The fourth-order valence-electron chi connectivity index (χ4n) is 3.03. The third-order valence-electron chi connectivity index (χ3n) is 4.30. The van der Waals surface area contributed by atoms with E-state index in [4.69, 9.17) is 0 Å². The second-order valence-electron chi connectivity index (χ2n) is 5.74. The lowest BCUT2D eigenvalue weighted by atomic mass is 9.92. The fraction of sp³-hybridized carbons (Fsp3) is 0.786. The predicted octanol–water partition coefficient (Wildman–Crippen LogP) is 0.662. The van der Waals surface area contributed by atoms with Gasteiger partial charge in [0, 0.05) is 19.0 Å². The van der Waals surface area contributed by atoms with Crippen molar-refractivity contribution < 1.29 is 19.5 Å². The molecule has 3 N–H and O–H groups in total. The summed E-state index contributed by atoms with van der Waals surface area (Å²) in [6.45, 7) is 0.356. The average molecular weight is 282 g/mol. The zero-order chi connectivity index (χ0) is 14.5. The molecule has 6 heteroatoms. The molecule has 1 heterocycles. The molecule has 112 valence electrons. The van der Waals surface area contributed by atoms with Gasteiger partial charge in [0.1, 0.15) is 0 Å². The molecule has 2 fully saturated rings. The highest BCUT2D eigenvalue weighted by atomic mass is 16.4. The van der Waals surface area contributed by atoms with Gasteiger partial charge in [0.25, 0.3) is 0 Å². The van der Waals surface area contributed by atoms with E-state index in [1.165, 1.54) is 0 Å². The van der Waals surface area contributed by atoms with Crippen LogP contribution in [0.5, 0.6) is 0 Å². The molecular weight excluding hydrogens is 260 g/mol. The van der Waals surface area contributed by atoms with Crippen LogP contribution in [0, 0.1) is 11.8 Å². The molecule has 0 aromatic carbocycles. The van der Waals surface area contributed by atoms with Crippen LogP contribution in [0.3, 0.4) is 0 Å². The molecule has 0 aromatic heterocycles. The van der Waals surface area contributed by atoms with Gasteiger partial charge in [-0.1, -0.05) is 19.3 Å². The van der Waals surface area contributed by atoms with Crippen LogP contribution in [0.25, 0.3) is 0 Å². The number of nitrogens with one attached hydrogen (secondary N) is 2. The third kappa shape index (κ3) is 3.71. The van der Waals surface area contributed by atoms with E-state index in [1.807, 2.05) is 0 Å². The first-order valence-corrected chi connectivity index (χ1v) is 7.38. The van der Waals surface area contributed by atoms with Gasteiger partial charge in [-0.15, -0.1) is 0 Å². The summed E-state index contributed by atoms with van der Waals surface area (Å²) in [6, 6.07) is -0.278. The van der Waals surface area contributed by atoms with Gasteiger partial charge < -0.3 is 15.7 Å². The number of aliphatic carboxylic acids is 1. The molecule has 1 aliphatic carbocycles. The Morgan fingerprint density at radius 1 is 1.15 bits per heavy atom. The van der Waals surface area contributed by atoms with Gasteiger partial charge in [-0.3, -0.25) is 14.4 Å². The minimum atomic E-state index is -0.825. The molecule has 0 radical (unpaired) electrons. The number of carboxylic acid groups (broad SMARTS) is 1. The summed E-state index contributed by atoms with van der Waals surface area (Å²) >= 11 is 0. The lowest BCUT2D eigenvalue weighted by Crippen LogP contribution is -2.49. The van der Waals surface area contributed by atoms with Gasteiger partial charge in [0.15, 0.2) is 0 Å². The largest absolute Gasteiger partial charge is 0.481 e. The topological polar surface area (TPSA) is 95.5 Å². The summed E-state index contributed by atoms with van der Waals surface area (Å²) < 4.78 is 0. The van der Waals surface area contributed by atoms with E-state index in [0.717, 1.165) is 25.7 Å². The average Bonchev–Trinajstić information content (AvgIpc) is 2.65. The lowest BCUT2D eigenvalue weighted by molar-refractivity contribution is -0.143. The normalized spacial score (nSPS) is 31.0. The van der Waals surface area contributed by atoms with E-state index in [9.17, 15) is 19.5 Å². The second-order valence-corrected chi connectivity index (χ2v) is 5.74. The molecular formula is C14H22N2O4. The molecule has 1 saturated heterocycles. The maximum atomic E-state index is 12.2. The highest BCUT2D eigenvalue weighted by molar-refractivity contribution is 5.84. The molecule has 2 aliphatic rings. The molecule has 2 amide bonds. The molecule has 20 heavy (non-hydrogen) atoms. The maximum Gasteiger partial charge on any atom is 0.308 e. The standard InChI is InChI=1S/C14H22N2O4/c17-12-7-6-9(8-15-12)13(18)16-11-5-3-1-2-4-10(11)14(19)20/h9-11H,1-8H2,(H,15,17)(H,16,18)(H,19,20). The minimum Gasteiger partial charge on any atom is -0.481 e. The number of carboxylic acids is 1. The SMILES string of the molecule is O=C1CCC(C(=O)NC2CCCCCC2C(=O)O)CN1. The zero-order valence-corrected chi connectivity index (χ0v) is 11.6. The molecule has 0 bridgehead atoms. The van der Waals surface area contributed by atoms with Gasteiger partial charge in [-0.2, -0.15) is 0 Å². The Labute approximate surface area is 118 Å². The first kappa shape index (κ1) is 14.8. The molecule has 1 aliphatic heterocycles. The molecule has 2 rings (SSSR count). The van der Waals surface area contributed by atoms with Crippen LogP contribution in [-0.4, -0.2) is 35.5 Å². The molecule has 3 atom stereocenters. The summed E-state index contributed by atoms with van der Waals surface area (Å²) in [5.41, 5.74) is 0. The van der Waals surface area contributed by atoms with Gasteiger partial charge in [-0.05, 0) is 19.3 Å². The van der Waals surface area contributed by atoms with E-state index >= 15 is 0 Å². The third-order valence-corrected chi connectivity index (χ3v) is 4.30. The van der Waals surface area contributed by atoms with E-state index in [-0.39, 0.29) is 23.8 Å². The van der Waals surface area contributed by atoms with E-state index in [1.54, 1.807) is 0 Å². The van der Waals surface area contributed by atoms with Crippen molar-refractivity contribution in [2.75, 3.05) is 6.54 Å². The summed E-state index contributed by atoms with van der Waals surface area (Å²) in [4.78, 5) is 34.6. The maximum absolute atomic E-state index is 12.2. The second kappa shape index (κ2) is 6.72. The Bertz CT molecular complexity index is 387. The smallest absolute Gasteiger partial charge is 0.308 e. The van der Waals surface area contributed by atoms with Crippen molar-refractivity contribution in [3.8, 4) is 0 Å². The van der Waals surface area contributed by atoms with E-state index < -0.39 is 11.9 Å². The van der Waals surface area contributed by atoms with Crippen molar-refractivity contribution in [2.24, 2.45) is 11.8 Å². The van der Waals surface area contributed by atoms with E-state index in [0.29, 0.717) is 25.8 Å². The van der Waals surface area contributed by atoms with Gasteiger partial charge in [0.05, 0.1) is 11.8 Å². The summed E-state index contributed by atoms with van der Waals surface area (Å²) in [5.74, 6) is -1.69. The van der Waals surface area contributed by atoms with Crippen LogP contribution >= 0.6 is 0 Å². The first-order valence-electron chi connectivity index (χ1n) is 7.38. The Morgan fingerprint density at radius 2 is 1.90 bits per heavy atom. The minimum absolute atomic E-state index is 0.0214. The highest BCUT2D eigenvalue weighted by Gasteiger charge is 2.33. The van der Waals surface area contributed by atoms with Crippen LogP contribution in [-0.2, 0) is 14.4 Å². The van der Waals surface area contributed by atoms with Crippen molar-refractivity contribution in [3.05, 3.63) is 0 Å². The van der Waals surface area contributed by atoms with Crippen molar-refractivity contribution in [3.63, 3.8) is 0 Å². The number of hydrogen-bond donors (Lipinski definition) is 3. The zero-order valence-electron chi connectivity index (χ0n) is 11.6. The molecule has 3 unspecified atom stereocenters. The molecule has 0 aromatic rings. The van der Waals surface area contributed by atoms with Crippen LogP contribution in [0.2, 0.25) is 0 Å². The summed E-state index contributed by atoms with van der Waals surface area (Å²) in [6.07, 6.45) is 5.14. The molecule has 6 nitrogen and oxygen atoms in total. The van der Waals surface area contributed by atoms with Crippen LogP contribution in [0.4, 0.5) is 0 Å². The van der Waals surface area contributed by atoms with Crippen LogP contribution in [0.15, 0.2) is 0 Å². The van der Waals surface area contributed by atoms with Crippen LogP contribution < -0.4 is 10.6 Å². The number of carbonyl (C=O) groups excluding carboxylic acids is 2. The molecule has 1 saturated carbocycles. The first-order chi connectivity index (χ1) is 9.58. The molecule has 0 spiro atoms. The number of rotatable bonds is 3. The monoisotopic (exact) mass is 282 g/mol. The Balaban J connectivity index is 1.93. The van der Waals surface area contributed by atoms with Gasteiger partial charge in [0.2, 0.25) is 11.8 Å². The van der Waals surface area contributed by atoms with Crippen LogP contribution in [0.1, 0.15) is 44.9 Å². The number of carbonyl (C=O) groups is 3. The number of amides is 2. The van der Waals surface area contributed by atoms with Gasteiger partial charge in [-0.25, -0.2) is 0 Å². The number of piperidine rings is 1. The Kier molecular flexibility index (Phi) is 4.98. The quantitative estimate of drug-likeness (QED) is 0.663. The predicted molar refractivity (Wildman–Crippen MR) is 71.9 cm³/mol. The van der Waals surface area contributed by atoms with E-state index in [2.05, 4.69) is 10.6 Å². The lowest BCUT2D eigenvalue weighted by Gasteiger charge is -2.27. The van der Waals surface area contributed by atoms with Gasteiger partial charge >= 0.3 is 5.97 Å². The highest BCUT2D eigenvalue weighted by Crippen LogP contribution is 2.24. The van der Waals surface area contributed by atoms with Crippen molar-refractivity contribution in [2.45, 2.75) is 51.0 Å². The summed E-state index contributed by atoms with van der Waals surface area (Å²) in [5, 5.41) is 14.9. The van der Waals surface area contributed by atoms with Crippen molar-refractivity contribution in [1.29, 1.82) is 0 Å². The van der Waals surface area contributed by atoms with Crippen molar-refractivity contribution >= 4 is 17.8 Å². The summed E-state index contributed by atoms with van der Waals surface area (Å²) in [7, 11) is 0. The fourth-order valence-corrected chi connectivity index (χ4v) is 3.03. The Hall–Kier alpha value is -1.59.